The summed E-state index contributed by atoms with van der Waals surface area (Å²) in [6, 6.07) is 7.11. The van der Waals surface area contributed by atoms with Gasteiger partial charge in [0.2, 0.25) is 0 Å². The van der Waals surface area contributed by atoms with Gasteiger partial charge in [-0.25, -0.2) is 4.39 Å². The fraction of sp³-hybridized carbons (Fsp3) is 0.438. The molecule has 2 aromatic rings. The highest BCUT2D eigenvalue weighted by atomic mass is 79.9. The molecule has 0 saturated carbocycles. The van der Waals surface area contributed by atoms with E-state index in [4.69, 9.17) is 0 Å². The van der Waals surface area contributed by atoms with Crippen LogP contribution in [-0.4, -0.2) is 22.9 Å². The Morgan fingerprint density at radius 3 is 2.67 bits per heavy atom. The van der Waals surface area contributed by atoms with Gasteiger partial charge in [-0.15, -0.1) is 0 Å². The zero-order valence-corrected chi connectivity index (χ0v) is 13.9. The number of aromatic nitrogens is 2. The molecule has 0 bridgehead atoms. The monoisotopic (exact) mass is 351 g/mol. The molecule has 0 atom stereocenters. The van der Waals surface area contributed by atoms with E-state index in [0.29, 0.717) is 0 Å². The molecule has 0 radical (unpaired) electrons. The molecule has 0 spiro atoms. The fourth-order valence-electron chi connectivity index (χ4n) is 3.09. The molecule has 2 heterocycles. The van der Waals surface area contributed by atoms with Gasteiger partial charge < -0.3 is 5.32 Å². The van der Waals surface area contributed by atoms with E-state index in [2.05, 4.69) is 33.3 Å². The molecule has 3 rings (SSSR count). The number of nitrogens with one attached hydrogen (secondary N) is 1. The number of hydrogen-bond donors (Lipinski definition) is 1. The molecule has 0 unspecified atom stereocenters. The van der Waals surface area contributed by atoms with Crippen LogP contribution in [0.5, 0.6) is 0 Å². The SMILES string of the molecule is CCn1nc(C)c(Br)c1CC1(c2ccccc2F)CNC1. The molecule has 1 aromatic heterocycles. The third-order valence-electron chi connectivity index (χ3n) is 4.33. The summed E-state index contributed by atoms with van der Waals surface area (Å²) in [4.78, 5) is 0. The molecule has 112 valence electrons. The van der Waals surface area contributed by atoms with Crippen LogP contribution in [0.3, 0.4) is 0 Å². The van der Waals surface area contributed by atoms with Crippen molar-refractivity contribution in [2.75, 3.05) is 13.1 Å². The van der Waals surface area contributed by atoms with E-state index >= 15 is 0 Å². The van der Waals surface area contributed by atoms with Crippen molar-refractivity contribution >= 4 is 15.9 Å². The van der Waals surface area contributed by atoms with Gasteiger partial charge in [0, 0.05) is 31.5 Å². The summed E-state index contributed by atoms with van der Waals surface area (Å²) in [5.74, 6) is -0.116. The summed E-state index contributed by atoms with van der Waals surface area (Å²) < 4.78 is 17.3. The molecular formula is C16H19BrFN3. The maximum absolute atomic E-state index is 14.2. The molecule has 3 nitrogen and oxygen atoms in total. The summed E-state index contributed by atoms with van der Waals surface area (Å²) >= 11 is 3.64. The van der Waals surface area contributed by atoms with E-state index in [9.17, 15) is 4.39 Å². The molecule has 1 aliphatic rings. The Morgan fingerprint density at radius 1 is 1.38 bits per heavy atom. The van der Waals surface area contributed by atoms with Crippen LogP contribution in [0.1, 0.15) is 23.9 Å². The second-order valence-electron chi connectivity index (χ2n) is 5.70. The Kier molecular flexibility index (Phi) is 3.88. The van der Waals surface area contributed by atoms with Crippen LogP contribution < -0.4 is 5.32 Å². The Morgan fingerprint density at radius 2 is 2.10 bits per heavy atom. The van der Waals surface area contributed by atoms with Crippen LogP contribution in [0.25, 0.3) is 0 Å². The van der Waals surface area contributed by atoms with Crippen molar-refractivity contribution in [2.45, 2.75) is 32.2 Å². The van der Waals surface area contributed by atoms with E-state index in [1.165, 1.54) is 0 Å². The highest BCUT2D eigenvalue weighted by molar-refractivity contribution is 9.10. The zero-order chi connectivity index (χ0) is 15.0. The number of benzene rings is 1. The first-order chi connectivity index (χ1) is 10.1. The average Bonchev–Trinajstić information content (AvgIpc) is 2.71. The molecule has 1 fully saturated rings. The van der Waals surface area contributed by atoms with E-state index in [1.807, 2.05) is 23.7 Å². The number of hydrogen-bond acceptors (Lipinski definition) is 2. The molecular weight excluding hydrogens is 333 g/mol. The molecule has 1 aliphatic heterocycles. The Bertz CT molecular complexity index is 662. The second kappa shape index (κ2) is 5.54. The van der Waals surface area contributed by atoms with Gasteiger partial charge in [0.15, 0.2) is 0 Å². The van der Waals surface area contributed by atoms with Crippen molar-refractivity contribution in [3.8, 4) is 0 Å². The van der Waals surface area contributed by atoms with Crippen molar-refractivity contribution in [3.05, 3.63) is 51.5 Å². The third-order valence-corrected chi connectivity index (χ3v) is 5.36. The number of halogens is 2. The first kappa shape index (κ1) is 14.7. The maximum Gasteiger partial charge on any atom is 0.127 e. The summed E-state index contributed by atoms with van der Waals surface area (Å²) in [5.41, 5.74) is 2.77. The standard InChI is InChI=1S/C16H19BrFN3/c1-3-21-14(15(17)11(2)20-21)8-16(9-19-10-16)12-6-4-5-7-13(12)18/h4-7,19H,3,8-10H2,1-2H3. The summed E-state index contributed by atoms with van der Waals surface area (Å²) in [5, 5.41) is 7.84. The summed E-state index contributed by atoms with van der Waals surface area (Å²) in [6.45, 7) is 6.50. The Hall–Kier alpha value is -1.20. The van der Waals surface area contributed by atoms with Gasteiger partial charge in [-0.2, -0.15) is 5.10 Å². The molecule has 1 N–H and O–H groups in total. The number of aryl methyl sites for hydroxylation is 2. The molecule has 0 amide bonds. The van der Waals surface area contributed by atoms with Gasteiger partial charge in [-0.3, -0.25) is 4.68 Å². The smallest absolute Gasteiger partial charge is 0.127 e. The molecule has 0 aliphatic carbocycles. The predicted molar refractivity (Wildman–Crippen MR) is 85.0 cm³/mol. The summed E-state index contributed by atoms with van der Waals surface area (Å²) in [7, 11) is 0. The third kappa shape index (κ3) is 2.42. The van der Waals surface area contributed by atoms with Crippen molar-refractivity contribution in [2.24, 2.45) is 0 Å². The Balaban J connectivity index is 2.01. The quantitative estimate of drug-likeness (QED) is 0.916. The van der Waals surface area contributed by atoms with Gasteiger partial charge in [-0.1, -0.05) is 18.2 Å². The molecule has 5 heteroatoms. The van der Waals surface area contributed by atoms with Crippen LogP contribution >= 0.6 is 15.9 Å². The van der Waals surface area contributed by atoms with E-state index < -0.39 is 0 Å². The normalized spacial score (nSPS) is 16.8. The predicted octanol–water partition coefficient (Wildman–Crippen LogP) is 3.20. The minimum Gasteiger partial charge on any atom is -0.315 e. The largest absolute Gasteiger partial charge is 0.315 e. The van der Waals surface area contributed by atoms with Gasteiger partial charge in [0.05, 0.1) is 15.9 Å². The van der Waals surface area contributed by atoms with Crippen LogP contribution in [-0.2, 0) is 18.4 Å². The van der Waals surface area contributed by atoms with Crippen LogP contribution in [0, 0.1) is 12.7 Å². The number of nitrogens with zero attached hydrogens (tertiary/aromatic N) is 2. The highest BCUT2D eigenvalue weighted by Gasteiger charge is 2.42. The van der Waals surface area contributed by atoms with E-state index in [1.54, 1.807) is 12.1 Å². The van der Waals surface area contributed by atoms with E-state index in [-0.39, 0.29) is 11.2 Å². The van der Waals surface area contributed by atoms with Crippen molar-refractivity contribution in [1.29, 1.82) is 0 Å². The van der Waals surface area contributed by atoms with Crippen molar-refractivity contribution in [3.63, 3.8) is 0 Å². The fourth-order valence-corrected chi connectivity index (χ4v) is 3.51. The molecule has 1 aromatic carbocycles. The van der Waals surface area contributed by atoms with Crippen molar-refractivity contribution < 1.29 is 4.39 Å². The summed E-state index contributed by atoms with van der Waals surface area (Å²) in [6.07, 6.45) is 0.788. The van der Waals surface area contributed by atoms with Crippen molar-refractivity contribution in [1.82, 2.24) is 15.1 Å². The lowest BCUT2D eigenvalue weighted by Crippen LogP contribution is -2.58. The first-order valence-corrected chi connectivity index (χ1v) is 8.04. The van der Waals surface area contributed by atoms with Gasteiger partial charge in [0.25, 0.3) is 0 Å². The van der Waals surface area contributed by atoms with Gasteiger partial charge >= 0.3 is 0 Å². The highest BCUT2D eigenvalue weighted by Crippen LogP contribution is 2.36. The van der Waals surface area contributed by atoms with Crippen LogP contribution in [0.2, 0.25) is 0 Å². The molecule has 21 heavy (non-hydrogen) atoms. The topological polar surface area (TPSA) is 29.9 Å². The lowest BCUT2D eigenvalue weighted by Gasteiger charge is -2.43. The second-order valence-corrected chi connectivity index (χ2v) is 6.50. The zero-order valence-electron chi connectivity index (χ0n) is 12.3. The lowest BCUT2D eigenvalue weighted by molar-refractivity contribution is 0.260. The first-order valence-electron chi connectivity index (χ1n) is 7.25. The minimum atomic E-state index is -0.173. The maximum atomic E-state index is 14.2. The van der Waals surface area contributed by atoms with E-state index in [0.717, 1.165) is 47.5 Å². The van der Waals surface area contributed by atoms with Crippen LogP contribution in [0.15, 0.2) is 28.7 Å². The van der Waals surface area contributed by atoms with Gasteiger partial charge in [0.1, 0.15) is 5.82 Å². The average molecular weight is 352 g/mol. The number of rotatable bonds is 4. The minimum absolute atomic E-state index is 0.116. The van der Waals surface area contributed by atoms with Crippen LogP contribution in [0.4, 0.5) is 4.39 Å². The van der Waals surface area contributed by atoms with Gasteiger partial charge in [-0.05, 0) is 41.4 Å². The molecule has 1 saturated heterocycles. The lowest BCUT2D eigenvalue weighted by atomic mass is 9.71. The Labute approximate surface area is 132 Å².